The molecule has 0 aliphatic heterocycles. The number of hydrogen-bond donors (Lipinski definition) is 1. The van der Waals surface area contributed by atoms with Crippen LogP contribution in [0.25, 0.3) is 0 Å². The summed E-state index contributed by atoms with van der Waals surface area (Å²) in [5, 5.41) is 3.03. The first-order valence-corrected chi connectivity index (χ1v) is 15.7. The zero-order valence-corrected chi connectivity index (χ0v) is 25.6. The summed E-state index contributed by atoms with van der Waals surface area (Å²) in [6.07, 6.45) is 14.9. The van der Waals surface area contributed by atoms with Gasteiger partial charge in [0.2, 0.25) is 0 Å². The smallest absolute Gasteiger partial charge is 0.0701 e. The van der Waals surface area contributed by atoms with Gasteiger partial charge in [-0.1, -0.05) is 71.1 Å². The first-order chi connectivity index (χ1) is 19.4. The Morgan fingerprint density at radius 2 is 0.564 bits per heavy atom. The molecule has 0 spiro atoms. The maximum Gasteiger partial charge on any atom is 0.0701 e. The SMILES string of the molecule is CCCCCCCCCCCCCOCCOCCOCCOCCOCCOCCOCCOCCNC. The normalized spacial score (nSPS) is 11.5. The van der Waals surface area contributed by atoms with Crippen LogP contribution in [-0.2, 0) is 37.9 Å². The minimum atomic E-state index is 0.548. The van der Waals surface area contributed by atoms with Crippen LogP contribution in [0.15, 0.2) is 0 Å². The van der Waals surface area contributed by atoms with Crippen molar-refractivity contribution in [3.63, 3.8) is 0 Å². The Balaban J connectivity index is 3.01. The van der Waals surface area contributed by atoms with Crippen LogP contribution >= 0.6 is 0 Å². The quantitative estimate of drug-likeness (QED) is 0.109. The highest BCUT2D eigenvalue weighted by molar-refractivity contribution is 4.48. The van der Waals surface area contributed by atoms with Gasteiger partial charge >= 0.3 is 0 Å². The fraction of sp³-hybridized carbons (Fsp3) is 1.00. The lowest BCUT2D eigenvalue weighted by Gasteiger charge is -2.08. The van der Waals surface area contributed by atoms with Crippen molar-refractivity contribution >= 4 is 0 Å². The van der Waals surface area contributed by atoms with Crippen molar-refractivity contribution in [2.75, 3.05) is 119 Å². The summed E-state index contributed by atoms with van der Waals surface area (Å²) in [6, 6.07) is 0. The molecule has 9 nitrogen and oxygen atoms in total. The summed E-state index contributed by atoms with van der Waals surface area (Å²) in [4.78, 5) is 0. The molecule has 236 valence electrons. The maximum absolute atomic E-state index is 5.65. The fourth-order valence-electron chi connectivity index (χ4n) is 3.68. The average molecular weight is 566 g/mol. The Labute approximate surface area is 240 Å². The monoisotopic (exact) mass is 565 g/mol. The zero-order chi connectivity index (χ0) is 28.2. The van der Waals surface area contributed by atoms with E-state index in [1.807, 2.05) is 7.05 Å². The number of unbranched alkanes of at least 4 members (excludes halogenated alkanes) is 10. The molecular weight excluding hydrogens is 502 g/mol. The predicted molar refractivity (Wildman–Crippen MR) is 157 cm³/mol. The van der Waals surface area contributed by atoms with Crippen molar-refractivity contribution in [2.45, 2.75) is 77.6 Å². The van der Waals surface area contributed by atoms with E-state index in [2.05, 4.69) is 12.2 Å². The first kappa shape index (κ1) is 38.6. The Hall–Kier alpha value is -0.360. The van der Waals surface area contributed by atoms with Crippen LogP contribution in [-0.4, -0.2) is 119 Å². The number of likely N-dealkylation sites (N-methyl/N-ethyl adjacent to an activating group) is 1. The second kappa shape index (κ2) is 37.6. The number of rotatable bonds is 36. The summed E-state index contributed by atoms with van der Waals surface area (Å²) >= 11 is 0. The third kappa shape index (κ3) is 37.6. The zero-order valence-electron chi connectivity index (χ0n) is 25.6. The van der Waals surface area contributed by atoms with Gasteiger partial charge < -0.3 is 43.2 Å². The second-order valence-corrected chi connectivity index (χ2v) is 9.54. The van der Waals surface area contributed by atoms with Gasteiger partial charge in [-0.05, 0) is 13.5 Å². The molecule has 0 heterocycles. The third-order valence-electron chi connectivity index (χ3n) is 5.99. The van der Waals surface area contributed by atoms with Crippen molar-refractivity contribution in [1.29, 1.82) is 0 Å². The lowest BCUT2D eigenvalue weighted by Crippen LogP contribution is -2.17. The molecule has 9 heteroatoms. The maximum atomic E-state index is 5.65. The Bertz CT molecular complexity index is 384. The van der Waals surface area contributed by atoms with E-state index >= 15 is 0 Å². The average Bonchev–Trinajstić information content (AvgIpc) is 2.95. The molecule has 0 atom stereocenters. The fourth-order valence-corrected chi connectivity index (χ4v) is 3.68. The highest BCUT2D eigenvalue weighted by Gasteiger charge is 1.96. The molecule has 0 aromatic carbocycles. The van der Waals surface area contributed by atoms with E-state index in [-0.39, 0.29) is 0 Å². The van der Waals surface area contributed by atoms with Crippen molar-refractivity contribution < 1.29 is 37.9 Å². The summed E-state index contributed by atoms with van der Waals surface area (Å²) in [6.45, 7) is 12.7. The van der Waals surface area contributed by atoms with E-state index in [9.17, 15) is 0 Å². The van der Waals surface area contributed by atoms with Crippen LogP contribution in [0.4, 0.5) is 0 Å². The minimum Gasteiger partial charge on any atom is -0.379 e. The van der Waals surface area contributed by atoms with Gasteiger partial charge in [-0.3, -0.25) is 0 Å². The second-order valence-electron chi connectivity index (χ2n) is 9.54. The molecular formula is C30H63NO8. The Kier molecular flexibility index (Phi) is 37.3. The minimum absolute atomic E-state index is 0.548. The molecule has 0 saturated carbocycles. The van der Waals surface area contributed by atoms with E-state index in [4.69, 9.17) is 37.9 Å². The molecule has 0 unspecified atom stereocenters. The van der Waals surface area contributed by atoms with Gasteiger partial charge in [-0.25, -0.2) is 0 Å². The lowest BCUT2D eigenvalue weighted by atomic mass is 10.1. The Morgan fingerprint density at radius 1 is 0.308 bits per heavy atom. The summed E-state index contributed by atoms with van der Waals surface area (Å²) < 4.78 is 43.9. The van der Waals surface area contributed by atoms with E-state index < -0.39 is 0 Å². The van der Waals surface area contributed by atoms with E-state index in [0.717, 1.165) is 19.6 Å². The largest absolute Gasteiger partial charge is 0.379 e. The van der Waals surface area contributed by atoms with Crippen molar-refractivity contribution in [1.82, 2.24) is 5.32 Å². The molecule has 0 aromatic heterocycles. The van der Waals surface area contributed by atoms with Crippen molar-refractivity contribution in [3.8, 4) is 0 Å². The molecule has 0 amide bonds. The van der Waals surface area contributed by atoms with Crippen LogP contribution in [0.2, 0.25) is 0 Å². The van der Waals surface area contributed by atoms with Gasteiger partial charge in [0.05, 0.1) is 99.1 Å². The van der Waals surface area contributed by atoms with Crippen LogP contribution < -0.4 is 5.32 Å². The van der Waals surface area contributed by atoms with Crippen LogP contribution in [0.1, 0.15) is 77.6 Å². The Morgan fingerprint density at radius 3 is 0.872 bits per heavy atom. The topological polar surface area (TPSA) is 85.9 Å². The van der Waals surface area contributed by atoms with Gasteiger partial charge in [-0.2, -0.15) is 0 Å². The van der Waals surface area contributed by atoms with Gasteiger partial charge in [-0.15, -0.1) is 0 Å². The van der Waals surface area contributed by atoms with Gasteiger partial charge in [0, 0.05) is 13.2 Å². The molecule has 0 aliphatic carbocycles. The molecule has 0 aromatic rings. The summed E-state index contributed by atoms with van der Waals surface area (Å²) in [7, 11) is 1.90. The highest BCUT2D eigenvalue weighted by atomic mass is 16.6. The molecule has 39 heavy (non-hydrogen) atoms. The van der Waals surface area contributed by atoms with Crippen LogP contribution in [0.5, 0.6) is 0 Å². The first-order valence-electron chi connectivity index (χ1n) is 15.7. The molecule has 0 bridgehead atoms. The van der Waals surface area contributed by atoms with E-state index in [1.54, 1.807) is 0 Å². The van der Waals surface area contributed by atoms with Gasteiger partial charge in [0.1, 0.15) is 0 Å². The van der Waals surface area contributed by atoms with Crippen LogP contribution in [0, 0.1) is 0 Å². The van der Waals surface area contributed by atoms with Crippen molar-refractivity contribution in [2.24, 2.45) is 0 Å². The van der Waals surface area contributed by atoms with Crippen molar-refractivity contribution in [3.05, 3.63) is 0 Å². The van der Waals surface area contributed by atoms with Gasteiger partial charge in [0.25, 0.3) is 0 Å². The number of nitrogens with one attached hydrogen (secondary N) is 1. The molecule has 0 saturated heterocycles. The molecule has 1 N–H and O–H groups in total. The molecule has 0 radical (unpaired) electrons. The van der Waals surface area contributed by atoms with Gasteiger partial charge in [0.15, 0.2) is 0 Å². The molecule has 0 aliphatic rings. The number of ether oxygens (including phenoxy) is 8. The molecule has 0 rings (SSSR count). The lowest BCUT2D eigenvalue weighted by molar-refractivity contribution is -0.0230. The highest BCUT2D eigenvalue weighted by Crippen LogP contribution is 2.11. The summed E-state index contributed by atoms with van der Waals surface area (Å²) in [5.74, 6) is 0. The third-order valence-corrected chi connectivity index (χ3v) is 5.99. The van der Waals surface area contributed by atoms with E-state index in [0.29, 0.717) is 99.1 Å². The van der Waals surface area contributed by atoms with Crippen LogP contribution in [0.3, 0.4) is 0 Å². The predicted octanol–water partition coefficient (Wildman–Crippen LogP) is 4.65. The standard InChI is InChI=1S/C30H63NO8/c1-3-4-5-6-7-8-9-10-11-12-13-15-32-17-19-34-21-23-36-25-27-38-29-30-39-28-26-37-24-22-35-20-18-33-16-14-31-2/h31H,3-30H2,1-2H3. The van der Waals surface area contributed by atoms with E-state index in [1.165, 1.54) is 64.2 Å². The number of hydrogen-bond acceptors (Lipinski definition) is 9. The molecule has 0 fully saturated rings. The summed E-state index contributed by atoms with van der Waals surface area (Å²) in [5.41, 5.74) is 0.